The predicted molar refractivity (Wildman–Crippen MR) is 87.1 cm³/mol. The summed E-state index contributed by atoms with van der Waals surface area (Å²) < 4.78 is 5.91. The first-order chi connectivity index (χ1) is 10.1. The fourth-order valence-corrected chi connectivity index (χ4v) is 3.08. The molecule has 1 aliphatic rings. The van der Waals surface area contributed by atoms with Crippen LogP contribution in [0.15, 0.2) is 24.3 Å². The summed E-state index contributed by atoms with van der Waals surface area (Å²) >= 11 is 0. The van der Waals surface area contributed by atoms with Crippen LogP contribution in [0, 0.1) is 6.92 Å². The number of hydrogen-bond acceptors (Lipinski definition) is 3. The number of ether oxygens (including phenoxy) is 1. The molecule has 4 nitrogen and oxygen atoms in total. The highest BCUT2D eigenvalue weighted by Crippen LogP contribution is 2.21. The molecule has 3 rings (SSSR count). The van der Waals surface area contributed by atoms with Gasteiger partial charge in [0.25, 0.3) is 0 Å². The molecule has 1 aromatic carbocycles. The number of nitrogens with one attached hydrogen (secondary N) is 1. The molecular formula is C17H25N3O. The molecule has 0 radical (unpaired) electrons. The van der Waals surface area contributed by atoms with E-state index in [0.29, 0.717) is 6.04 Å². The van der Waals surface area contributed by atoms with E-state index in [4.69, 9.17) is 4.74 Å². The number of likely N-dealkylation sites (N-methyl/N-ethyl adjacent to an activating group) is 1. The average molecular weight is 287 g/mol. The van der Waals surface area contributed by atoms with E-state index in [-0.39, 0.29) is 0 Å². The van der Waals surface area contributed by atoms with Gasteiger partial charge in [0, 0.05) is 35.7 Å². The number of H-pyrrole nitrogens is 1. The lowest BCUT2D eigenvalue weighted by Gasteiger charge is -2.20. The summed E-state index contributed by atoms with van der Waals surface area (Å²) in [6.45, 7) is 6.19. The van der Waals surface area contributed by atoms with Crippen molar-refractivity contribution in [3.63, 3.8) is 0 Å². The van der Waals surface area contributed by atoms with Gasteiger partial charge in [-0.05, 0) is 58.3 Å². The number of fused-ring (bicyclic) bond motifs is 1. The topological polar surface area (TPSA) is 31.5 Å². The summed E-state index contributed by atoms with van der Waals surface area (Å²) in [5.74, 6) is 0.963. The Hall–Kier alpha value is -1.52. The summed E-state index contributed by atoms with van der Waals surface area (Å²) in [5.41, 5.74) is 2.36. The van der Waals surface area contributed by atoms with Gasteiger partial charge in [-0.1, -0.05) is 0 Å². The molecule has 0 bridgehead atoms. The highest BCUT2D eigenvalue weighted by molar-refractivity contribution is 5.81. The Labute approximate surface area is 126 Å². The van der Waals surface area contributed by atoms with Gasteiger partial charge in [0.2, 0.25) is 0 Å². The van der Waals surface area contributed by atoms with Gasteiger partial charge in [0.05, 0.1) is 0 Å². The summed E-state index contributed by atoms with van der Waals surface area (Å²) in [6.07, 6.45) is 1.27. The Balaban J connectivity index is 1.50. The van der Waals surface area contributed by atoms with E-state index < -0.39 is 0 Å². The summed E-state index contributed by atoms with van der Waals surface area (Å²) in [7, 11) is 4.33. The minimum atomic E-state index is 0.698. The van der Waals surface area contributed by atoms with Crippen LogP contribution in [0.4, 0.5) is 0 Å². The number of aryl methyl sites for hydroxylation is 1. The van der Waals surface area contributed by atoms with Crippen LogP contribution in [0.2, 0.25) is 0 Å². The van der Waals surface area contributed by atoms with Gasteiger partial charge >= 0.3 is 0 Å². The molecule has 1 aliphatic heterocycles. The molecule has 1 saturated heterocycles. The van der Waals surface area contributed by atoms with E-state index in [1.165, 1.54) is 29.6 Å². The van der Waals surface area contributed by atoms with Crippen molar-refractivity contribution in [2.24, 2.45) is 0 Å². The van der Waals surface area contributed by atoms with Crippen molar-refractivity contribution in [3.05, 3.63) is 30.0 Å². The van der Waals surface area contributed by atoms with Crippen molar-refractivity contribution in [2.45, 2.75) is 19.4 Å². The third kappa shape index (κ3) is 3.39. The third-order valence-electron chi connectivity index (χ3n) is 4.38. The monoisotopic (exact) mass is 287 g/mol. The second-order valence-electron chi connectivity index (χ2n) is 6.26. The van der Waals surface area contributed by atoms with Crippen LogP contribution in [-0.2, 0) is 0 Å². The summed E-state index contributed by atoms with van der Waals surface area (Å²) in [4.78, 5) is 8.15. The average Bonchev–Trinajstić information content (AvgIpc) is 3.03. The van der Waals surface area contributed by atoms with Gasteiger partial charge in [-0.2, -0.15) is 0 Å². The Morgan fingerprint density at radius 3 is 2.95 bits per heavy atom. The lowest BCUT2D eigenvalue weighted by atomic mass is 10.2. The molecule has 1 atom stereocenters. The van der Waals surface area contributed by atoms with Crippen molar-refractivity contribution in [1.82, 2.24) is 14.8 Å². The number of aromatic nitrogens is 1. The summed E-state index contributed by atoms with van der Waals surface area (Å²) in [5, 5.41) is 1.22. The second kappa shape index (κ2) is 6.08. The van der Waals surface area contributed by atoms with Gasteiger partial charge < -0.3 is 14.6 Å². The number of rotatable bonds is 5. The van der Waals surface area contributed by atoms with Gasteiger partial charge in [0.1, 0.15) is 12.4 Å². The van der Waals surface area contributed by atoms with Gasteiger partial charge in [-0.3, -0.25) is 4.90 Å². The molecule has 1 aromatic heterocycles. The molecule has 0 saturated carbocycles. The molecule has 4 heteroatoms. The van der Waals surface area contributed by atoms with E-state index in [2.05, 4.69) is 54.0 Å². The van der Waals surface area contributed by atoms with Crippen molar-refractivity contribution >= 4 is 10.9 Å². The quantitative estimate of drug-likeness (QED) is 0.917. The number of nitrogens with zero attached hydrogens (tertiary/aromatic N) is 2. The van der Waals surface area contributed by atoms with E-state index in [1.807, 2.05) is 6.07 Å². The van der Waals surface area contributed by atoms with Crippen molar-refractivity contribution < 1.29 is 4.74 Å². The van der Waals surface area contributed by atoms with Crippen LogP contribution in [-0.4, -0.2) is 61.2 Å². The minimum Gasteiger partial charge on any atom is -0.492 e. The largest absolute Gasteiger partial charge is 0.492 e. The highest BCUT2D eigenvalue weighted by atomic mass is 16.5. The molecule has 2 aromatic rings. The van der Waals surface area contributed by atoms with Crippen LogP contribution in [0.1, 0.15) is 12.1 Å². The highest BCUT2D eigenvalue weighted by Gasteiger charge is 2.23. The van der Waals surface area contributed by atoms with Crippen LogP contribution in [0.5, 0.6) is 5.75 Å². The van der Waals surface area contributed by atoms with Crippen LogP contribution in [0.25, 0.3) is 10.9 Å². The van der Waals surface area contributed by atoms with Gasteiger partial charge in [0.15, 0.2) is 0 Å². The normalized spacial score (nSPS) is 19.7. The second-order valence-corrected chi connectivity index (χ2v) is 6.26. The van der Waals surface area contributed by atoms with Crippen molar-refractivity contribution in [3.8, 4) is 5.75 Å². The van der Waals surface area contributed by atoms with E-state index in [9.17, 15) is 0 Å². The molecule has 0 amide bonds. The lowest BCUT2D eigenvalue weighted by Crippen LogP contribution is -2.33. The third-order valence-corrected chi connectivity index (χ3v) is 4.38. The molecule has 2 heterocycles. The number of aromatic amines is 1. The zero-order valence-corrected chi connectivity index (χ0v) is 13.2. The zero-order valence-electron chi connectivity index (χ0n) is 13.2. The van der Waals surface area contributed by atoms with Crippen molar-refractivity contribution in [2.75, 3.05) is 40.3 Å². The molecule has 0 spiro atoms. The van der Waals surface area contributed by atoms with Crippen molar-refractivity contribution in [1.29, 1.82) is 0 Å². The molecule has 1 fully saturated rings. The van der Waals surface area contributed by atoms with E-state index >= 15 is 0 Å². The molecular weight excluding hydrogens is 262 g/mol. The van der Waals surface area contributed by atoms with E-state index in [1.54, 1.807) is 0 Å². The Morgan fingerprint density at radius 1 is 1.33 bits per heavy atom. The van der Waals surface area contributed by atoms with Gasteiger partial charge in [-0.25, -0.2) is 0 Å². The fourth-order valence-electron chi connectivity index (χ4n) is 3.08. The first-order valence-corrected chi connectivity index (χ1v) is 7.73. The smallest absolute Gasteiger partial charge is 0.120 e. The van der Waals surface area contributed by atoms with E-state index in [0.717, 1.165) is 25.4 Å². The number of benzene rings is 1. The SMILES string of the molecule is Cc1cc2cc(OCCN3CCC(N(C)C)C3)ccc2[nH]1. The Morgan fingerprint density at radius 2 is 2.19 bits per heavy atom. The Bertz CT molecular complexity index is 605. The maximum Gasteiger partial charge on any atom is 0.120 e. The number of hydrogen-bond donors (Lipinski definition) is 1. The molecule has 21 heavy (non-hydrogen) atoms. The minimum absolute atomic E-state index is 0.698. The molecule has 1 N–H and O–H groups in total. The van der Waals surface area contributed by atoms with Crippen LogP contribution < -0.4 is 4.74 Å². The maximum absolute atomic E-state index is 5.91. The lowest BCUT2D eigenvalue weighted by molar-refractivity contribution is 0.221. The Kier molecular flexibility index (Phi) is 4.17. The van der Waals surface area contributed by atoms with Gasteiger partial charge in [-0.15, -0.1) is 0 Å². The predicted octanol–water partition coefficient (Wildman–Crippen LogP) is 2.49. The zero-order chi connectivity index (χ0) is 14.8. The molecule has 0 aliphatic carbocycles. The molecule has 1 unspecified atom stereocenters. The fraction of sp³-hybridized carbons (Fsp3) is 0.529. The first kappa shape index (κ1) is 14.4. The van der Waals surface area contributed by atoms with Crippen LogP contribution in [0.3, 0.4) is 0 Å². The maximum atomic E-state index is 5.91. The van der Waals surface area contributed by atoms with Crippen LogP contribution >= 0.6 is 0 Å². The first-order valence-electron chi connectivity index (χ1n) is 7.73. The standard InChI is InChI=1S/C17H25N3O/c1-13-10-14-11-16(4-5-17(14)18-13)21-9-8-20-7-6-15(12-20)19(2)3/h4-5,10-11,15,18H,6-9,12H2,1-3H3. The summed E-state index contributed by atoms with van der Waals surface area (Å²) in [6, 6.07) is 9.11. The number of likely N-dealkylation sites (tertiary alicyclic amines) is 1. The molecule has 114 valence electrons.